The van der Waals surface area contributed by atoms with Gasteiger partial charge in [0.2, 0.25) is 11.0 Å². The van der Waals surface area contributed by atoms with Crippen LogP contribution in [0, 0.1) is 5.92 Å². The summed E-state index contributed by atoms with van der Waals surface area (Å²) in [6, 6.07) is 10.2. The molecule has 116 valence electrons. The molecule has 7 heteroatoms. The summed E-state index contributed by atoms with van der Waals surface area (Å²) >= 11 is 3.08. The number of amides is 1. The number of carbonyl (C=O) groups excluding carboxylic acids is 1. The van der Waals surface area contributed by atoms with E-state index in [9.17, 15) is 4.79 Å². The van der Waals surface area contributed by atoms with E-state index in [0.29, 0.717) is 5.13 Å². The minimum atomic E-state index is 0.0669. The van der Waals surface area contributed by atoms with Gasteiger partial charge in [0.25, 0.3) is 0 Å². The molecule has 0 saturated carbocycles. The molecule has 2 heterocycles. The molecule has 1 amide bonds. The molecule has 1 saturated heterocycles. The van der Waals surface area contributed by atoms with Crippen LogP contribution in [0.15, 0.2) is 34.7 Å². The van der Waals surface area contributed by atoms with Gasteiger partial charge in [-0.25, -0.2) is 0 Å². The van der Waals surface area contributed by atoms with E-state index in [1.807, 2.05) is 18.2 Å². The van der Waals surface area contributed by atoms with E-state index in [-0.39, 0.29) is 11.8 Å². The van der Waals surface area contributed by atoms with Crippen LogP contribution >= 0.6 is 23.1 Å². The molecule has 3 rings (SSSR count). The van der Waals surface area contributed by atoms with E-state index < -0.39 is 0 Å². The fraction of sp³-hybridized carbons (Fsp3) is 0.400. The van der Waals surface area contributed by atoms with Crippen molar-refractivity contribution in [2.45, 2.75) is 22.9 Å². The summed E-state index contributed by atoms with van der Waals surface area (Å²) in [5.41, 5.74) is 1.25. The van der Waals surface area contributed by atoms with Crippen LogP contribution in [-0.4, -0.2) is 29.2 Å². The van der Waals surface area contributed by atoms with Crippen molar-refractivity contribution >= 4 is 34.1 Å². The maximum atomic E-state index is 12.1. The zero-order valence-electron chi connectivity index (χ0n) is 12.1. The molecule has 0 spiro atoms. The molecule has 1 fully saturated rings. The Kier molecular flexibility index (Phi) is 5.42. The van der Waals surface area contributed by atoms with Crippen LogP contribution in [-0.2, 0) is 10.5 Å². The Hall–Kier alpha value is -1.44. The first-order valence-electron chi connectivity index (χ1n) is 7.33. The molecule has 1 aliphatic rings. The molecule has 1 aromatic carbocycles. The largest absolute Gasteiger partial charge is 0.317 e. The maximum absolute atomic E-state index is 12.1. The molecule has 0 unspecified atom stereocenters. The van der Waals surface area contributed by atoms with Crippen molar-refractivity contribution in [3.05, 3.63) is 35.9 Å². The lowest BCUT2D eigenvalue weighted by molar-refractivity contribution is -0.120. The zero-order chi connectivity index (χ0) is 15.2. The van der Waals surface area contributed by atoms with Gasteiger partial charge in [-0.15, -0.1) is 10.2 Å². The van der Waals surface area contributed by atoms with Gasteiger partial charge in [-0.05, 0) is 31.5 Å². The van der Waals surface area contributed by atoms with Crippen molar-refractivity contribution in [3.63, 3.8) is 0 Å². The first kappa shape index (κ1) is 15.5. The number of anilines is 1. The van der Waals surface area contributed by atoms with Crippen LogP contribution < -0.4 is 10.6 Å². The molecule has 5 nitrogen and oxygen atoms in total. The Morgan fingerprint density at radius 3 is 2.82 bits per heavy atom. The Labute approximate surface area is 137 Å². The van der Waals surface area contributed by atoms with Crippen molar-refractivity contribution in [2.75, 3.05) is 18.4 Å². The molecule has 2 N–H and O–H groups in total. The van der Waals surface area contributed by atoms with E-state index in [2.05, 4.69) is 33.0 Å². The SMILES string of the molecule is O=C(Nc1nnc(SCc2ccccc2)s1)C1CCNCC1. The van der Waals surface area contributed by atoms with Crippen LogP contribution in [0.4, 0.5) is 5.13 Å². The van der Waals surface area contributed by atoms with E-state index >= 15 is 0 Å². The fourth-order valence-corrected chi connectivity index (χ4v) is 4.04. The minimum Gasteiger partial charge on any atom is -0.317 e. The monoisotopic (exact) mass is 334 g/mol. The van der Waals surface area contributed by atoms with Crippen LogP contribution in [0.3, 0.4) is 0 Å². The molecular weight excluding hydrogens is 316 g/mol. The number of benzene rings is 1. The second-order valence-corrected chi connectivity index (χ2v) is 7.36. The van der Waals surface area contributed by atoms with Crippen LogP contribution in [0.25, 0.3) is 0 Å². The fourth-order valence-electron chi connectivity index (χ4n) is 2.33. The van der Waals surface area contributed by atoms with E-state index in [1.54, 1.807) is 11.8 Å². The van der Waals surface area contributed by atoms with E-state index in [1.165, 1.54) is 16.9 Å². The van der Waals surface area contributed by atoms with E-state index in [4.69, 9.17) is 0 Å². The first-order chi connectivity index (χ1) is 10.8. The van der Waals surface area contributed by atoms with Gasteiger partial charge in [-0.3, -0.25) is 4.79 Å². The van der Waals surface area contributed by atoms with Crippen molar-refractivity contribution in [1.82, 2.24) is 15.5 Å². The predicted octanol–water partition coefficient (Wildman–Crippen LogP) is 2.77. The lowest BCUT2D eigenvalue weighted by Crippen LogP contribution is -2.34. The average Bonchev–Trinajstić information content (AvgIpc) is 3.02. The highest BCUT2D eigenvalue weighted by Gasteiger charge is 2.21. The molecule has 0 atom stereocenters. The number of hydrogen-bond acceptors (Lipinski definition) is 6. The predicted molar refractivity (Wildman–Crippen MR) is 90.1 cm³/mol. The third kappa shape index (κ3) is 4.28. The summed E-state index contributed by atoms with van der Waals surface area (Å²) in [5, 5.41) is 14.9. The van der Waals surface area contributed by atoms with Crippen molar-refractivity contribution in [2.24, 2.45) is 5.92 Å². The van der Waals surface area contributed by atoms with Gasteiger partial charge in [0, 0.05) is 11.7 Å². The summed E-state index contributed by atoms with van der Waals surface area (Å²) in [4.78, 5) is 12.1. The highest BCUT2D eigenvalue weighted by atomic mass is 32.2. The Balaban J connectivity index is 1.51. The number of aromatic nitrogens is 2. The lowest BCUT2D eigenvalue weighted by Gasteiger charge is -2.20. The molecule has 0 bridgehead atoms. The number of piperidine rings is 1. The normalized spacial score (nSPS) is 15.6. The number of carbonyl (C=O) groups is 1. The van der Waals surface area contributed by atoms with Crippen LogP contribution in [0.2, 0.25) is 0 Å². The standard InChI is InChI=1S/C15H18N4OS2/c20-13(12-6-8-16-9-7-12)17-14-18-19-15(22-14)21-10-11-4-2-1-3-5-11/h1-5,12,16H,6-10H2,(H,17,18,20). The Morgan fingerprint density at radius 1 is 1.27 bits per heavy atom. The average molecular weight is 334 g/mol. The number of rotatable bonds is 5. The van der Waals surface area contributed by atoms with Gasteiger partial charge in [0.15, 0.2) is 4.34 Å². The molecular formula is C15H18N4OS2. The molecule has 1 aliphatic heterocycles. The molecule has 0 aliphatic carbocycles. The van der Waals surface area contributed by atoms with Gasteiger partial charge in [-0.2, -0.15) is 0 Å². The van der Waals surface area contributed by atoms with Crippen molar-refractivity contribution < 1.29 is 4.79 Å². The highest BCUT2D eigenvalue weighted by molar-refractivity contribution is 8.00. The van der Waals surface area contributed by atoms with Gasteiger partial charge in [0.05, 0.1) is 0 Å². The number of nitrogens with zero attached hydrogens (tertiary/aromatic N) is 2. The topological polar surface area (TPSA) is 66.9 Å². The van der Waals surface area contributed by atoms with Crippen molar-refractivity contribution in [1.29, 1.82) is 0 Å². The van der Waals surface area contributed by atoms with Gasteiger partial charge >= 0.3 is 0 Å². The molecule has 1 aromatic heterocycles. The molecule has 0 radical (unpaired) electrons. The van der Waals surface area contributed by atoms with Gasteiger partial charge in [0.1, 0.15) is 0 Å². The third-order valence-electron chi connectivity index (χ3n) is 3.55. The number of thioether (sulfide) groups is 1. The Bertz CT molecular complexity index is 611. The highest BCUT2D eigenvalue weighted by Crippen LogP contribution is 2.28. The summed E-state index contributed by atoms with van der Waals surface area (Å²) < 4.78 is 0.879. The first-order valence-corrected chi connectivity index (χ1v) is 9.13. The van der Waals surface area contributed by atoms with Crippen LogP contribution in [0.5, 0.6) is 0 Å². The van der Waals surface area contributed by atoms with Gasteiger partial charge < -0.3 is 10.6 Å². The second-order valence-electron chi connectivity index (χ2n) is 5.16. The smallest absolute Gasteiger partial charge is 0.229 e. The summed E-state index contributed by atoms with van der Waals surface area (Å²) in [6.07, 6.45) is 1.78. The summed E-state index contributed by atoms with van der Waals surface area (Å²) in [5.74, 6) is 1.01. The van der Waals surface area contributed by atoms with E-state index in [0.717, 1.165) is 36.0 Å². The second kappa shape index (κ2) is 7.71. The Morgan fingerprint density at radius 2 is 2.05 bits per heavy atom. The number of hydrogen-bond donors (Lipinski definition) is 2. The number of nitrogens with one attached hydrogen (secondary N) is 2. The molecule has 22 heavy (non-hydrogen) atoms. The van der Waals surface area contributed by atoms with Gasteiger partial charge in [-0.1, -0.05) is 53.4 Å². The third-order valence-corrected chi connectivity index (χ3v) is 5.59. The quantitative estimate of drug-likeness (QED) is 0.650. The van der Waals surface area contributed by atoms with Crippen LogP contribution in [0.1, 0.15) is 18.4 Å². The maximum Gasteiger partial charge on any atom is 0.229 e. The minimum absolute atomic E-state index is 0.0669. The summed E-state index contributed by atoms with van der Waals surface area (Å²) in [6.45, 7) is 1.82. The summed E-state index contributed by atoms with van der Waals surface area (Å²) in [7, 11) is 0. The molecule has 2 aromatic rings. The van der Waals surface area contributed by atoms with Crippen molar-refractivity contribution in [3.8, 4) is 0 Å². The zero-order valence-corrected chi connectivity index (χ0v) is 13.8. The lowest BCUT2D eigenvalue weighted by atomic mass is 9.97.